The van der Waals surface area contributed by atoms with Gasteiger partial charge in [-0.2, -0.15) is 0 Å². The lowest BCUT2D eigenvalue weighted by Crippen LogP contribution is -2.59. The lowest BCUT2D eigenvalue weighted by Gasteiger charge is -2.57. The molecule has 20 heavy (non-hydrogen) atoms. The highest BCUT2D eigenvalue weighted by atomic mass is 16.5. The number of ether oxygens (including phenoxy) is 1. The van der Waals surface area contributed by atoms with Gasteiger partial charge in [-0.25, -0.2) is 0 Å². The van der Waals surface area contributed by atoms with Crippen molar-refractivity contribution in [2.75, 3.05) is 20.7 Å². The molecule has 0 radical (unpaired) electrons. The van der Waals surface area contributed by atoms with Crippen molar-refractivity contribution in [1.82, 2.24) is 4.90 Å². The first kappa shape index (κ1) is 12.5. The molecule has 1 saturated heterocycles. The molecular weight excluding hydrogens is 246 g/mol. The summed E-state index contributed by atoms with van der Waals surface area (Å²) < 4.78 is 5.49. The molecule has 0 saturated carbocycles. The number of rotatable bonds is 1. The fourth-order valence-corrected chi connectivity index (χ4v) is 4.87. The molecule has 4 rings (SSSR count). The molecule has 1 aromatic carbocycles. The van der Waals surface area contributed by atoms with E-state index in [2.05, 4.69) is 42.3 Å². The van der Waals surface area contributed by atoms with Crippen molar-refractivity contribution in [1.29, 1.82) is 0 Å². The van der Waals surface area contributed by atoms with Gasteiger partial charge in [0, 0.05) is 11.5 Å². The van der Waals surface area contributed by atoms with Crippen molar-refractivity contribution >= 4 is 0 Å². The first-order valence-electron chi connectivity index (χ1n) is 7.77. The van der Waals surface area contributed by atoms with Crippen LogP contribution in [-0.2, 0) is 11.8 Å². The molecule has 0 amide bonds. The summed E-state index contributed by atoms with van der Waals surface area (Å²) in [6.45, 7) is 1.23. The summed E-state index contributed by atoms with van der Waals surface area (Å²) in [5, 5.41) is 0. The summed E-state index contributed by atoms with van der Waals surface area (Å²) in [6, 6.07) is 7.47. The molecule has 1 aromatic rings. The van der Waals surface area contributed by atoms with Gasteiger partial charge in [0.15, 0.2) is 0 Å². The largest absolute Gasteiger partial charge is 0.497 e. The molecule has 1 fully saturated rings. The molecule has 2 aliphatic carbocycles. The number of allylic oxidation sites excluding steroid dienone is 2. The molecule has 2 bridgehead atoms. The average Bonchev–Trinajstić information content (AvgIpc) is 2.50. The number of methoxy groups -OCH3 is 1. The smallest absolute Gasteiger partial charge is 0.119 e. The summed E-state index contributed by atoms with van der Waals surface area (Å²) in [5.74, 6) is 1.80. The normalized spacial score (nSPS) is 35.3. The molecule has 0 aromatic heterocycles. The second-order valence-electron chi connectivity index (χ2n) is 6.70. The highest BCUT2D eigenvalue weighted by Crippen LogP contribution is 2.54. The molecule has 3 unspecified atom stereocenters. The minimum atomic E-state index is 0.369. The van der Waals surface area contributed by atoms with E-state index in [-0.39, 0.29) is 0 Å². The molecule has 3 aliphatic rings. The van der Waals surface area contributed by atoms with E-state index in [1.165, 1.54) is 32.2 Å². The minimum Gasteiger partial charge on any atom is -0.497 e. The molecule has 0 N–H and O–H groups in total. The van der Waals surface area contributed by atoms with Crippen LogP contribution in [0.25, 0.3) is 0 Å². The van der Waals surface area contributed by atoms with Crippen LogP contribution in [0.1, 0.15) is 30.4 Å². The summed E-state index contributed by atoms with van der Waals surface area (Å²) in [7, 11) is 4.08. The third-order valence-corrected chi connectivity index (χ3v) is 5.97. The summed E-state index contributed by atoms with van der Waals surface area (Å²) in [5.41, 5.74) is 3.50. The summed E-state index contributed by atoms with van der Waals surface area (Å²) >= 11 is 0. The predicted molar refractivity (Wildman–Crippen MR) is 81.3 cm³/mol. The van der Waals surface area contributed by atoms with Gasteiger partial charge in [0.05, 0.1) is 7.11 Å². The van der Waals surface area contributed by atoms with Gasteiger partial charge in [-0.1, -0.05) is 18.2 Å². The molecular formula is C18H23NO. The number of fused-ring (bicyclic) bond motifs is 1. The van der Waals surface area contributed by atoms with Crippen molar-refractivity contribution in [2.45, 2.75) is 37.1 Å². The Balaban J connectivity index is 1.90. The van der Waals surface area contributed by atoms with Crippen LogP contribution in [0.3, 0.4) is 0 Å². The van der Waals surface area contributed by atoms with Gasteiger partial charge in [0.2, 0.25) is 0 Å². The SMILES string of the molecule is COc1ccc2c(c1)C13CC=CCC1C(C2)N(C)CC3. The van der Waals surface area contributed by atoms with Crippen LogP contribution >= 0.6 is 0 Å². The Kier molecular flexibility index (Phi) is 2.71. The van der Waals surface area contributed by atoms with Gasteiger partial charge in [0.25, 0.3) is 0 Å². The van der Waals surface area contributed by atoms with Gasteiger partial charge in [0.1, 0.15) is 5.75 Å². The molecule has 3 atom stereocenters. The number of likely N-dealkylation sites (N-methyl/N-ethyl adjacent to an activating group) is 1. The second kappa shape index (κ2) is 4.36. The Morgan fingerprint density at radius 2 is 2.20 bits per heavy atom. The van der Waals surface area contributed by atoms with Gasteiger partial charge in [-0.3, -0.25) is 0 Å². The fraction of sp³-hybridized carbons (Fsp3) is 0.556. The zero-order chi connectivity index (χ0) is 13.7. The first-order chi connectivity index (χ1) is 9.74. The molecule has 1 heterocycles. The lowest BCUT2D eigenvalue weighted by atomic mass is 9.54. The number of hydrogen-bond donors (Lipinski definition) is 0. The predicted octanol–water partition coefficient (Wildman–Crippen LogP) is 3.16. The van der Waals surface area contributed by atoms with E-state index in [1.807, 2.05) is 0 Å². The monoisotopic (exact) mass is 269 g/mol. The number of benzene rings is 1. The standard InChI is InChI=1S/C18H23NO/c1-19-10-9-18-8-4-3-5-15(18)17(19)11-13-6-7-14(20-2)12-16(13)18/h3-4,6-7,12,15,17H,5,8-11H2,1-2H3. The van der Waals surface area contributed by atoms with Crippen LogP contribution in [0.15, 0.2) is 30.4 Å². The second-order valence-corrected chi connectivity index (χ2v) is 6.70. The Bertz CT molecular complexity index is 565. The fourth-order valence-electron chi connectivity index (χ4n) is 4.87. The van der Waals surface area contributed by atoms with E-state index < -0.39 is 0 Å². The minimum absolute atomic E-state index is 0.369. The van der Waals surface area contributed by atoms with Crippen molar-refractivity contribution in [2.24, 2.45) is 5.92 Å². The highest BCUT2D eigenvalue weighted by molar-refractivity contribution is 5.46. The Morgan fingerprint density at radius 3 is 3.05 bits per heavy atom. The average molecular weight is 269 g/mol. The maximum Gasteiger partial charge on any atom is 0.119 e. The van der Waals surface area contributed by atoms with Gasteiger partial charge in [-0.15, -0.1) is 0 Å². The molecule has 106 valence electrons. The number of nitrogens with zero attached hydrogens (tertiary/aromatic N) is 1. The van der Waals surface area contributed by atoms with Crippen LogP contribution < -0.4 is 4.74 Å². The van der Waals surface area contributed by atoms with E-state index in [9.17, 15) is 0 Å². The Morgan fingerprint density at radius 1 is 1.30 bits per heavy atom. The maximum atomic E-state index is 5.49. The van der Waals surface area contributed by atoms with Crippen LogP contribution in [-0.4, -0.2) is 31.6 Å². The zero-order valence-corrected chi connectivity index (χ0v) is 12.4. The topological polar surface area (TPSA) is 12.5 Å². The molecule has 0 spiro atoms. The summed E-state index contributed by atoms with van der Waals surface area (Å²) in [4.78, 5) is 2.59. The van der Waals surface area contributed by atoms with Gasteiger partial charge < -0.3 is 9.64 Å². The van der Waals surface area contributed by atoms with Crippen LogP contribution in [0.5, 0.6) is 5.75 Å². The van der Waals surface area contributed by atoms with E-state index >= 15 is 0 Å². The van der Waals surface area contributed by atoms with Crippen molar-refractivity contribution in [3.63, 3.8) is 0 Å². The zero-order valence-electron chi connectivity index (χ0n) is 12.4. The molecule has 1 aliphatic heterocycles. The summed E-state index contributed by atoms with van der Waals surface area (Å²) in [6.07, 6.45) is 9.76. The third-order valence-electron chi connectivity index (χ3n) is 5.97. The number of piperidine rings is 1. The first-order valence-corrected chi connectivity index (χ1v) is 7.77. The Hall–Kier alpha value is -1.28. The van der Waals surface area contributed by atoms with E-state index in [0.717, 1.165) is 17.7 Å². The van der Waals surface area contributed by atoms with E-state index in [0.29, 0.717) is 5.41 Å². The van der Waals surface area contributed by atoms with E-state index in [4.69, 9.17) is 4.74 Å². The quantitative estimate of drug-likeness (QED) is 0.726. The van der Waals surface area contributed by atoms with Crippen molar-refractivity contribution in [3.05, 3.63) is 41.5 Å². The molecule has 2 nitrogen and oxygen atoms in total. The number of hydrogen-bond acceptors (Lipinski definition) is 2. The number of likely N-dealkylation sites (tertiary alicyclic amines) is 1. The molecule has 2 heteroatoms. The van der Waals surface area contributed by atoms with Crippen molar-refractivity contribution in [3.8, 4) is 5.75 Å². The van der Waals surface area contributed by atoms with Crippen molar-refractivity contribution < 1.29 is 4.74 Å². The van der Waals surface area contributed by atoms with Gasteiger partial charge in [-0.05, 0) is 68.5 Å². The van der Waals surface area contributed by atoms with Gasteiger partial charge >= 0.3 is 0 Å². The van der Waals surface area contributed by atoms with Crippen LogP contribution in [0.4, 0.5) is 0 Å². The van der Waals surface area contributed by atoms with Crippen LogP contribution in [0, 0.1) is 5.92 Å². The third kappa shape index (κ3) is 1.54. The highest BCUT2D eigenvalue weighted by Gasteiger charge is 2.52. The van der Waals surface area contributed by atoms with Crippen LogP contribution in [0.2, 0.25) is 0 Å². The Labute approximate surface area is 121 Å². The van der Waals surface area contributed by atoms with E-state index in [1.54, 1.807) is 18.2 Å². The lowest BCUT2D eigenvalue weighted by molar-refractivity contribution is 0.0289. The maximum absolute atomic E-state index is 5.49.